The average Bonchev–Trinajstić information content (AvgIpc) is 2.75. The van der Waals surface area contributed by atoms with Crippen molar-refractivity contribution in [1.29, 1.82) is 0 Å². The van der Waals surface area contributed by atoms with Crippen molar-refractivity contribution in [2.45, 2.75) is 46.6 Å². The van der Waals surface area contributed by atoms with Crippen molar-refractivity contribution in [2.75, 3.05) is 6.54 Å². The van der Waals surface area contributed by atoms with Crippen molar-refractivity contribution in [3.63, 3.8) is 0 Å². The summed E-state index contributed by atoms with van der Waals surface area (Å²) in [5, 5.41) is 5.30. The molecule has 0 atom stereocenters. The molecule has 0 fully saturated rings. The van der Waals surface area contributed by atoms with E-state index in [0.717, 1.165) is 30.9 Å². The lowest BCUT2D eigenvalue weighted by Crippen LogP contribution is -2.14. The van der Waals surface area contributed by atoms with E-state index in [-0.39, 0.29) is 0 Å². The molecule has 1 heterocycles. The second kappa shape index (κ2) is 5.98. The van der Waals surface area contributed by atoms with Gasteiger partial charge < -0.3 is 9.73 Å². The van der Waals surface area contributed by atoms with Crippen LogP contribution in [0.5, 0.6) is 0 Å². The molecule has 0 aliphatic rings. The molecule has 1 aromatic carbocycles. The first-order chi connectivity index (χ1) is 9.06. The lowest BCUT2D eigenvalue weighted by molar-refractivity contribution is 0.504. The summed E-state index contributed by atoms with van der Waals surface area (Å²) < 4.78 is 6.02. The number of fused-ring (bicyclic) bond motifs is 1. The normalized spacial score (nSPS) is 11.7. The van der Waals surface area contributed by atoms with Gasteiger partial charge in [0, 0.05) is 10.9 Å². The molecule has 0 aliphatic heterocycles. The molecule has 1 aromatic heterocycles. The predicted molar refractivity (Wildman–Crippen MR) is 82.0 cm³/mol. The van der Waals surface area contributed by atoms with Crippen LogP contribution in [0, 0.1) is 6.92 Å². The number of hydrogen-bond acceptors (Lipinski definition) is 2. The molecule has 2 aromatic rings. The fourth-order valence-electron chi connectivity index (χ4n) is 2.53. The number of furan rings is 1. The SMILES string of the molecule is CCCNCc1oc2c(Cl)ccc(C)c2c1C(C)C. The highest BCUT2D eigenvalue weighted by atomic mass is 35.5. The van der Waals surface area contributed by atoms with Crippen molar-refractivity contribution >= 4 is 22.6 Å². The van der Waals surface area contributed by atoms with E-state index in [1.165, 1.54) is 16.5 Å². The molecule has 0 radical (unpaired) electrons. The van der Waals surface area contributed by atoms with Gasteiger partial charge in [0.25, 0.3) is 0 Å². The molecule has 0 bridgehead atoms. The lowest BCUT2D eigenvalue weighted by atomic mass is 9.96. The Morgan fingerprint density at radius 1 is 1.32 bits per heavy atom. The number of nitrogens with one attached hydrogen (secondary N) is 1. The third-order valence-electron chi connectivity index (χ3n) is 3.40. The first-order valence-corrected chi connectivity index (χ1v) is 7.35. The predicted octanol–water partition coefficient (Wildman–Crippen LogP) is 5.02. The van der Waals surface area contributed by atoms with Gasteiger partial charge in [-0.15, -0.1) is 0 Å². The maximum absolute atomic E-state index is 6.27. The zero-order valence-electron chi connectivity index (χ0n) is 12.1. The monoisotopic (exact) mass is 279 g/mol. The van der Waals surface area contributed by atoms with Crippen LogP contribution in [0.2, 0.25) is 5.02 Å². The summed E-state index contributed by atoms with van der Waals surface area (Å²) in [7, 11) is 0. The van der Waals surface area contributed by atoms with Gasteiger partial charge in [-0.2, -0.15) is 0 Å². The fourth-order valence-corrected chi connectivity index (χ4v) is 2.72. The van der Waals surface area contributed by atoms with Gasteiger partial charge in [0.05, 0.1) is 11.6 Å². The Morgan fingerprint density at radius 3 is 2.68 bits per heavy atom. The van der Waals surface area contributed by atoms with Crippen LogP contribution < -0.4 is 5.32 Å². The van der Waals surface area contributed by atoms with Crippen LogP contribution in [0.15, 0.2) is 16.5 Å². The first kappa shape index (κ1) is 14.4. The van der Waals surface area contributed by atoms with Gasteiger partial charge in [-0.25, -0.2) is 0 Å². The van der Waals surface area contributed by atoms with E-state index >= 15 is 0 Å². The van der Waals surface area contributed by atoms with Crippen LogP contribution in [0.25, 0.3) is 11.0 Å². The zero-order valence-corrected chi connectivity index (χ0v) is 12.9. The van der Waals surface area contributed by atoms with Gasteiger partial charge >= 0.3 is 0 Å². The van der Waals surface area contributed by atoms with Crippen molar-refractivity contribution < 1.29 is 4.42 Å². The molecule has 0 amide bonds. The van der Waals surface area contributed by atoms with Crippen LogP contribution in [0.3, 0.4) is 0 Å². The van der Waals surface area contributed by atoms with E-state index in [9.17, 15) is 0 Å². The third-order valence-corrected chi connectivity index (χ3v) is 3.70. The van der Waals surface area contributed by atoms with Gasteiger partial charge in [0.2, 0.25) is 0 Å². The van der Waals surface area contributed by atoms with Crippen LogP contribution >= 0.6 is 11.6 Å². The minimum Gasteiger partial charge on any atom is -0.458 e. The summed E-state index contributed by atoms with van der Waals surface area (Å²) >= 11 is 6.27. The molecular formula is C16H22ClNO. The van der Waals surface area contributed by atoms with Crippen LogP contribution in [0.1, 0.15) is 50.0 Å². The molecule has 0 saturated carbocycles. The summed E-state index contributed by atoms with van der Waals surface area (Å²) in [6.07, 6.45) is 1.12. The number of rotatable bonds is 5. The van der Waals surface area contributed by atoms with Gasteiger partial charge in [-0.3, -0.25) is 0 Å². The molecule has 1 N–H and O–H groups in total. The van der Waals surface area contributed by atoms with Crippen molar-refractivity contribution in [3.8, 4) is 0 Å². The van der Waals surface area contributed by atoms with Crippen LogP contribution in [-0.2, 0) is 6.54 Å². The molecule has 0 spiro atoms. The van der Waals surface area contributed by atoms with E-state index in [1.54, 1.807) is 0 Å². The first-order valence-electron chi connectivity index (χ1n) is 6.97. The van der Waals surface area contributed by atoms with Gasteiger partial charge in [-0.1, -0.05) is 38.4 Å². The number of hydrogen-bond donors (Lipinski definition) is 1. The highest BCUT2D eigenvalue weighted by Gasteiger charge is 2.19. The summed E-state index contributed by atoms with van der Waals surface area (Å²) in [6.45, 7) is 10.5. The molecular weight excluding hydrogens is 258 g/mol. The molecule has 2 nitrogen and oxygen atoms in total. The lowest BCUT2D eigenvalue weighted by Gasteiger charge is -2.08. The van der Waals surface area contributed by atoms with Gasteiger partial charge in [0.1, 0.15) is 5.76 Å². The largest absolute Gasteiger partial charge is 0.458 e. The molecule has 19 heavy (non-hydrogen) atoms. The van der Waals surface area contributed by atoms with E-state index in [1.807, 2.05) is 6.07 Å². The van der Waals surface area contributed by atoms with E-state index in [0.29, 0.717) is 10.9 Å². The highest BCUT2D eigenvalue weighted by Crippen LogP contribution is 2.37. The molecule has 2 rings (SSSR count). The van der Waals surface area contributed by atoms with Crippen LogP contribution in [0.4, 0.5) is 0 Å². The molecule has 0 saturated heterocycles. The zero-order chi connectivity index (χ0) is 14.0. The Bertz CT molecular complexity index is 572. The van der Waals surface area contributed by atoms with E-state index in [4.69, 9.17) is 16.0 Å². The Kier molecular flexibility index (Phi) is 4.54. The Morgan fingerprint density at radius 2 is 2.05 bits per heavy atom. The second-order valence-corrected chi connectivity index (χ2v) is 5.75. The molecule has 0 unspecified atom stereocenters. The standard InChI is InChI=1S/C16H22ClNO/c1-5-8-18-9-13-14(10(2)3)15-11(4)6-7-12(17)16(15)19-13/h6-7,10,18H,5,8-9H2,1-4H3. The number of benzene rings is 1. The van der Waals surface area contributed by atoms with Crippen molar-refractivity contribution in [3.05, 3.63) is 34.0 Å². The average molecular weight is 280 g/mol. The summed E-state index contributed by atoms with van der Waals surface area (Å²) in [6, 6.07) is 3.98. The Balaban J connectivity index is 2.54. The topological polar surface area (TPSA) is 25.2 Å². The van der Waals surface area contributed by atoms with E-state index in [2.05, 4.69) is 39.1 Å². The fraction of sp³-hybridized carbons (Fsp3) is 0.500. The summed E-state index contributed by atoms with van der Waals surface area (Å²) in [5.41, 5.74) is 3.35. The second-order valence-electron chi connectivity index (χ2n) is 5.34. The maximum atomic E-state index is 6.27. The van der Waals surface area contributed by atoms with Gasteiger partial charge in [0.15, 0.2) is 5.58 Å². The minimum atomic E-state index is 0.428. The van der Waals surface area contributed by atoms with Crippen molar-refractivity contribution in [1.82, 2.24) is 5.32 Å². The smallest absolute Gasteiger partial charge is 0.153 e. The number of aryl methyl sites for hydroxylation is 1. The molecule has 3 heteroatoms. The quantitative estimate of drug-likeness (QED) is 0.778. The van der Waals surface area contributed by atoms with Gasteiger partial charge in [-0.05, 0) is 37.4 Å². The minimum absolute atomic E-state index is 0.428. The Hall–Kier alpha value is -0.990. The highest BCUT2D eigenvalue weighted by molar-refractivity contribution is 6.35. The number of halogens is 1. The van der Waals surface area contributed by atoms with Crippen LogP contribution in [-0.4, -0.2) is 6.54 Å². The maximum Gasteiger partial charge on any atom is 0.153 e. The molecule has 0 aliphatic carbocycles. The molecule has 104 valence electrons. The third kappa shape index (κ3) is 2.80. The van der Waals surface area contributed by atoms with Crippen molar-refractivity contribution in [2.24, 2.45) is 0 Å². The Labute approximate surface area is 120 Å². The summed E-state index contributed by atoms with van der Waals surface area (Å²) in [4.78, 5) is 0. The van der Waals surface area contributed by atoms with E-state index < -0.39 is 0 Å². The summed E-state index contributed by atoms with van der Waals surface area (Å²) in [5.74, 6) is 1.45.